The maximum atomic E-state index is 4.15. The summed E-state index contributed by atoms with van der Waals surface area (Å²) in [5.74, 6) is 0. The molecule has 1 saturated heterocycles. The van der Waals surface area contributed by atoms with Gasteiger partial charge in [0.05, 0.1) is 0 Å². The van der Waals surface area contributed by atoms with E-state index in [-0.39, 0.29) is 12.4 Å². The predicted octanol–water partition coefficient (Wildman–Crippen LogP) is 1.98. The summed E-state index contributed by atoms with van der Waals surface area (Å²) < 4.78 is 0. The van der Waals surface area contributed by atoms with Crippen LogP contribution in [0.15, 0.2) is 36.9 Å². The van der Waals surface area contributed by atoms with Gasteiger partial charge in [0, 0.05) is 31.9 Å². The van der Waals surface area contributed by atoms with Crippen LogP contribution >= 0.6 is 12.4 Å². The van der Waals surface area contributed by atoms with Gasteiger partial charge in [-0.2, -0.15) is 0 Å². The van der Waals surface area contributed by atoms with Crippen molar-refractivity contribution in [3.63, 3.8) is 0 Å². The lowest BCUT2D eigenvalue weighted by molar-refractivity contribution is 0.341. The predicted molar refractivity (Wildman–Crippen MR) is 67.2 cm³/mol. The van der Waals surface area contributed by atoms with Crippen LogP contribution in [0.2, 0.25) is 0 Å². The molecule has 1 heterocycles. The largest absolute Gasteiger partial charge is 0.369 e. The molecule has 0 saturated carbocycles. The summed E-state index contributed by atoms with van der Waals surface area (Å²) in [6.45, 7) is 8.40. The topological polar surface area (TPSA) is 15.3 Å². The molecule has 2 nitrogen and oxygen atoms in total. The van der Waals surface area contributed by atoms with Crippen molar-refractivity contribution < 1.29 is 0 Å². The summed E-state index contributed by atoms with van der Waals surface area (Å²) in [5.41, 5.74) is 2.38. The van der Waals surface area contributed by atoms with E-state index in [1.807, 2.05) is 6.07 Å². The first-order chi connectivity index (χ1) is 6.88. The van der Waals surface area contributed by atoms with Crippen molar-refractivity contribution in [2.24, 2.45) is 0 Å². The van der Waals surface area contributed by atoms with Gasteiger partial charge in [-0.1, -0.05) is 36.9 Å². The third-order valence-electron chi connectivity index (χ3n) is 2.61. The molecule has 3 heteroatoms. The maximum Gasteiger partial charge on any atom is 0.0367 e. The van der Waals surface area contributed by atoms with Gasteiger partial charge in [-0.3, -0.25) is 0 Å². The average molecular weight is 225 g/mol. The summed E-state index contributed by atoms with van der Waals surface area (Å²) in [5, 5.41) is 3.34. The molecule has 82 valence electrons. The van der Waals surface area contributed by atoms with Gasteiger partial charge in [0.2, 0.25) is 0 Å². The van der Waals surface area contributed by atoms with Crippen molar-refractivity contribution in [1.82, 2.24) is 10.2 Å². The van der Waals surface area contributed by atoms with E-state index in [4.69, 9.17) is 0 Å². The fourth-order valence-electron chi connectivity index (χ4n) is 1.75. The number of benzene rings is 1. The number of halogens is 1. The highest BCUT2D eigenvalue weighted by molar-refractivity contribution is 5.85. The molecule has 0 bridgehead atoms. The Morgan fingerprint density at radius 3 is 2.33 bits per heavy atom. The quantitative estimate of drug-likeness (QED) is 0.827. The lowest BCUT2D eigenvalue weighted by Gasteiger charge is -2.31. The van der Waals surface area contributed by atoms with E-state index >= 15 is 0 Å². The fraction of sp³-hybridized carbons (Fsp3) is 0.333. The second-order valence-electron chi connectivity index (χ2n) is 3.55. The zero-order valence-corrected chi connectivity index (χ0v) is 9.59. The van der Waals surface area contributed by atoms with Crippen molar-refractivity contribution in [1.29, 1.82) is 0 Å². The van der Waals surface area contributed by atoms with E-state index in [1.165, 1.54) is 5.56 Å². The minimum absolute atomic E-state index is 0. The van der Waals surface area contributed by atoms with Gasteiger partial charge in [0.25, 0.3) is 0 Å². The number of nitrogens with one attached hydrogen (secondary N) is 1. The molecule has 1 aromatic carbocycles. The molecule has 1 aliphatic rings. The molecule has 0 aromatic heterocycles. The van der Waals surface area contributed by atoms with Crippen LogP contribution in [0.5, 0.6) is 0 Å². The van der Waals surface area contributed by atoms with Gasteiger partial charge >= 0.3 is 0 Å². The number of piperazine rings is 1. The first kappa shape index (κ1) is 12.1. The highest BCUT2D eigenvalue weighted by atomic mass is 35.5. The molecule has 0 aliphatic carbocycles. The van der Waals surface area contributed by atoms with Gasteiger partial charge in [0.15, 0.2) is 0 Å². The van der Waals surface area contributed by atoms with E-state index in [0.29, 0.717) is 0 Å². The lowest BCUT2D eigenvalue weighted by atomic mass is 10.1. The van der Waals surface area contributed by atoms with Crippen LogP contribution in [0.3, 0.4) is 0 Å². The number of hydrogen-bond donors (Lipinski definition) is 1. The molecule has 0 spiro atoms. The van der Waals surface area contributed by atoms with E-state index < -0.39 is 0 Å². The summed E-state index contributed by atoms with van der Waals surface area (Å²) in [4.78, 5) is 2.34. The van der Waals surface area contributed by atoms with Crippen LogP contribution in [0, 0.1) is 0 Å². The molecule has 1 N–H and O–H groups in total. The number of hydrogen-bond acceptors (Lipinski definition) is 2. The van der Waals surface area contributed by atoms with Crippen LogP contribution in [0.4, 0.5) is 0 Å². The van der Waals surface area contributed by atoms with E-state index in [1.54, 1.807) is 0 Å². The molecule has 0 amide bonds. The molecule has 0 unspecified atom stereocenters. The number of nitrogens with zero attached hydrogens (tertiary/aromatic N) is 1. The Kier molecular flexibility index (Phi) is 4.66. The lowest BCUT2D eigenvalue weighted by Crippen LogP contribution is -2.42. The van der Waals surface area contributed by atoms with Crippen molar-refractivity contribution >= 4 is 18.1 Å². The van der Waals surface area contributed by atoms with Crippen molar-refractivity contribution in [2.75, 3.05) is 26.2 Å². The fourth-order valence-corrected chi connectivity index (χ4v) is 1.75. The summed E-state index contributed by atoms with van der Waals surface area (Å²) >= 11 is 0. The van der Waals surface area contributed by atoms with Crippen LogP contribution in [0.25, 0.3) is 5.70 Å². The highest BCUT2D eigenvalue weighted by Gasteiger charge is 2.11. The van der Waals surface area contributed by atoms with Gasteiger partial charge < -0.3 is 10.2 Å². The number of rotatable bonds is 2. The normalized spacial score (nSPS) is 15.6. The summed E-state index contributed by atoms with van der Waals surface area (Å²) in [7, 11) is 0. The molecular formula is C12H17ClN2. The molecular weight excluding hydrogens is 208 g/mol. The smallest absolute Gasteiger partial charge is 0.0367 e. The van der Waals surface area contributed by atoms with E-state index in [2.05, 4.69) is 41.1 Å². The standard InChI is InChI=1S/C12H16N2.ClH/c1-11(12-5-3-2-4-6-12)14-9-7-13-8-10-14;/h2-6,13H,1,7-10H2;1H. The van der Waals surface area contributed by atoms with E-state index in [0.717, 1.165) is 31.9 Å². The SMILES string of the molecule is C=C(c1ccccc1)N1CCNCC1.Cl. The Morgan fingerprint density at radius 2 is 1.73 bits per heavy atom. The highest BCUT2D eigenvalue weighted by Crippen LogP contribution is 2.16. The Morgan fingerprint density at radius 1 is 1.13 bits per heavy atom. The Bertz CT molecular complexity index is 305. The molecule has 0 atom stereocenters. The summed E-state index contributed by atoms with van der Waals surface area (Å²) in [6.07, 6.45) is 0. The van der Waals surface area contributed by atoms with Gasteiger partial charge in [0.1, 0.15) is 0 Å². The molecule has 1 fully saturated rings. The van der Waals surface area contributed by atoms with Crippen molar-refractivity contribution in [2.45, 2.75) is 0 Å². The Hall–Kier alpha value is -0.990. The molecule has 1 aromatic rings. The Balaban J connectivity index is 0.00000112. The van der Waals surface area contributed by atoms with Crippen LogP contribution in [-0.4, -0.2) is 31.1 Å². The minimum atomic E-state index is 0. The molecule has 1 aliphatic heterocycles. The van der Waals surface area contributed by atoms with Crippen LogP contribution in [-0.2, 0) is 0 Å². The van der Waals surface area contributed by atoms with Crippen LogP contribution < -0.4 is 5.32 Å². The molecule has 15 heavy (non-hydrogen) atoms. The van der Waals surface area contributed by atoms with Crippen molar-refractivity contribution in [3.8, 4) is 0 Å². The second-order valence-corrected chi connectivity index (χ2v) is 3.55. The third kappa shape index (κ3) is 2.98. The maximum absolute atomic E-state index is 4.15. The van der Waals surface area contributed by atoms with Gasteiger partial charge in [-0.25, -0.2) is 0 Å². The monoisotopic (exact) mass is 224 g/mol. The zero-order chi connectivity index (χ0) is 9.80. The minimum Gasteiger partial charge on any atom is -0.369 e. The second kappa shape index (κ2) is 5.79. The molecule has 0 radical (unpaired) electrons. The van der Waals surface area contributed by atoms with Crippen LogP contribution in [0.1, 0.15) is 5.56 Å². The van der Waals surface area contributed by atoms with Crippen molar-refractivity contribution in [3.05, 3.63) is 42.5 Å². The first-order valence-corrected chi connectivity index (χ1v) is 5.08. The Labute approximate surface area is 97.4 Å². The summed E-state index contributed by atoms with van der Waals surface area (Å²) in [6, 6.07) is 10.4. The van der Waals surface area contributed by atoms with Gasteiger partial charge in [-0.05, 0) is 5.56 Å². The first-order valence-electron chi connectivity index (χ1n) is 5.08. The van der Waals surface area contributed by atoms with E-state index in [9.17, 15) is 0 Å². The third-order valence-corrected chi connectivity index (χ3v) is 2.61. The molecule has 2 rings (SSSR count). The van der Waals surface area contributed by atoms with Gasteiger partial charge in [-0.15, -0.1) is 12.4 Å². The zero-order valence-electron chi connectivity index (χ0n) is 8.78. The average Bonchev–Trinajstić information content (AvgIpc) is 2.30.